The molecular weight excluding hydrogens is 410 g/mol. The van der Waals surface area contributed by atoms with Crippen LogP contribution in [0.3, 0.4) is 0 Å². The Kier molecular flexibility index (Phi) is 4.48. The number of carbonyl (C=O) groups is 1. The first-order valence-electron chi connectivity index (χ1n) is 10.2. The van der Waals surface area contributed by atoms with Crippen molar-refractivity contribution in [2.45, 2.75) is 32.5 Å². The molecule has 1 aromatic carbocycles. The maximum Gasteiger partial charge on any atom is 0.256 e. The number of H-pyrrole nitrogens is 1. The van der Waals surface area contributed by atoms with E-state index in [9.17, 15) is 4.79 Å². The second-order valence-corrected chi connectivity index (χ2v) is 8.73. The average molecular weight is 432 g/mol. The van der Waals surface area contributed by atoms with Gasteiger partial charge < -0.3 is 15.2 Å². The molecule has 0 radical (unpaired) electrons. The molecule has 0 unspecified atom stereocenters. The third-order valence-corrected chi connectivity index (χ3v) is 6.02. The molecule has 4 aromatic rings. The van der Waals surface area contributed by atoms with E-state index in [0.717, 1.165) is 27.9 Å². The van der Waals surface area contributed by atoms with Crippen molar-refractivity contribution in [1.82, 2.24) is 20.3 Å². The summed E-state index contributed by atoms with van der Waals surface area (Å²) in [6.45, 7) is 6.12. The highest BCUT2D eigenvalue weighted by molar-refractivity contribution is 6.31. The molecule has 0 saturated carbocycles. The summed E-state index contributed by atoms with van der Waals surface area (Å²) in [4.78, 5) is 27.5. The van der Waals surface area contributed by atoms with Gasteiger partial charge in [0.05, 0.1) is 22.3 Å². The minimum atomic E-state index is -0.615. The minimum Gasteiger partial charge on any atom is -0.345 e. The highest BCUT2D eigenvalue weighted by Crippen LogP contribution is 2.39. The van der Waals surface area contributed by atoms with E-state index in [4.69, 9.17) is 16.6 Å². The summed E-state index contributed by atoms with van der Waals surface area (Å²) in [6, 6.07) is 15.8. The molecule has 0 spiro atoms. The van der Waals surface area contributed by atoms with Crippen LogP contribution in [0.4, 0.5) is 5.82 Å². The van der Waals surface area contributed by atoms with Gasteiger partial charge in [0.1, 0.15) is 17.1 Å². The molecule has 7 heteroatoms. The molecule has 2 N–H and O–H groups in total. The van der Waals surface area contributed by atoms with Crippen molar-refractivity contribution in [3.63, 3.8) is 0 Å². The van der Waals surface area contributed by atoms with Crippen LogP contribution in [-0.4, -0.2) is 26.5 Å². The topological polar surface area (TPSA) is 73.9 Å². The quantitative estimate of drug-likeness (QED) is 0.460. The third kappa shape index (κ3) is 3.24. The van der Waals surface area contributed by atoms with Crippen LogP contribution in [0.2, 0.25) is 5.02 Å². The Morgan fingerprint density at radius 1 is 1.10 bits per heavy atom. The molecule has 1 aliphatic heterocycles. The van der Waals surface area contributed by atoms with E-state index in [1.807, 2.05) is 56.4 Å². The van der Waals surface area contributed by atoms with Gasteiger partial charge in [0, 0.05) is 23.3 Å². The number of hydrogen-bond acceptors (Lipinski definition) is 4. The first-order chi connectivity index (χ1) is 14.8. The molecule has 1 atom stereocenters. The number of hydrogen-bond donors (Lipinski definition) is 2. The number of halogens is 1. The van der Waals surface area contributed by atoms with Gasteiger partial charge in [-0.05, 0) is 44.5 Å². The van der Waals surface area contributed by atoms with Gasteiger partial charge in [-0.1, -0.05) is 41.9 Å². The smallest absolute Gasteiger partial charge is 0.256 e. The number of benzene rings is 1. The summed E-state index contributed by atoms with van der Waals surface area (Å²) >= 11 is 6.18. The number of pyridine rings is 2. The Balaban J connectivity index is 1.68. The Hall–Kier alpha value is -3.38. The molecule has 5 rings (SSSR count). The number of nitrogens with zero attached hydrogens (tertiary/aromatic N) is 3. The molecule has 0 aliphatic carbocycles. The van der Waals surface area contributed by atoms with Gasteiger partial charge in [0.25, 0.3) is 5.91 Å². The number of rotatable bonds is 3. The van der Waals surface area contributed by atoms with Gasteiger partial charge in [-0.15, -0.1) is 0 Å². The molecule has 0 fully saturated rings. The van der Waals surface area contributed by atoms with Gasteiger partial charge >= 0.3 is 0 Å². The summed E-state index contributed by atoms with van der Waals surface area (Å²) in [5, 5.41) is 4.57. The zero-order chi connectivity index (χ0) is 21.8. The van der Waals surface area contributed by atoms with E-state index in [1.165, 1.54) is 0 Å². The fourth-order valence-electron chi connectivity index (χ4n) is 4.37. The van der Waals surface area contributed by atoms with E-state index < -0.39 is 5.66 Å². The van der Waals surface area contributed by atoms with Gasteiger partial charge in [-0.2, -0.15) is 0 Å². The lowest BCUT2D eigenvalue weighted by atomic mass is 9.98. The van der Waals surface area contributed by atoms with Gasteiger partial charge in [-0.3, -0.25) is 4.79 Å². The monoisotopic (exact) mass is 431 g/mol. The molecule has 3 aromatic heterocycles. The SMILES string of the molecule is C[C@H](c1ccccc1)N1c2nc(-c3c[nH]c4ncc(Cl)cc34)ccc2C(=O)NC1(C)C. The molecule has 1 amide bonds. The van der Waals surface area contributed by atoms with Crippen molar-refractivity contribution in [3.8, 4) is 11.3 Å². The van der Waals surface area contributed by atoms with Crippen molar-refractivity contribution in [2.75, 3.05) is 4.90 Å². The molecule has 4 heterocycles. The van der Waals surface area contributed by atoms with E-state index in [2.05, 4.69) is 39.2 Å². The van der Waals surface area contributed by atoms with Crippen LogP contribution < -0.4 is 10.2 Å². The molecular formula is C24H22ClN5O. The summed E-state index contributed by atoms with van der Waals surface area (Å²) in [5.74, 6) is 0.533. The van der Waals surface area contributed by atoms with Crippen LogP contribution in [-0.2, 0) is 0 Å². The Morgan fingerprint density at radius 2 is 1.87 bits per heavy atom. The van der Waals surface area contributed by atoms with Crippen LogP contribution >= 0.6 is 11.6 Å². The summed E-state index contributed by atoms with van der Waals surface area (Å²) in [7, 11) is 0. The lowest BCUT2D eigenvalue weighted by Gasteiger charge is -2.47. The average Bonchev–Trinajstić information content (AvgIpc) is 3.16. The molecule has 0 saturated heterocycles. The van der Waals surface area contributed by atoms with E-state index in [-0.39, 0.29) is 11.9 Å². The Morgan fingerprint density at radius 3 is 2.65 bits per heavy atom. The summed E-state index contributed by atoms with van der Waals surface area (Å²) < 4.78 is 0. The standard InChI is InChI=1S/C24H22ClN5O/c1-14(15-7-5-4-6-8-15)30-22-17(23(31)29-24(30,2)3)9-10-20(28-22)19-13-27-21-18(19)11-16(25)12-26-21/h4-14H,1-3H3,(H,26,27)(H,29,31)/t14-/m1/s1. The first-order valence-corrected chi connectivity index (χ1v) is 10.5. The van der Waals surface area contributed by atoms with Crippen LogP contribution in [0.15, 0.2) is 60.9 Å². The maximum atomic E-state index is 12.8. The van der Waals surface area contributed by atoms with Crippen molar-refractivity contribution in [1.29, 1.82) is 0 Å². The van der Waals surface area contributed by atoms with Gasteiger partial charge in [-0.25, -0.2) is 9.97 Å². The van der Waals surface area contributed by atoms with Gasteiger partial charge in [0.15, 0.2) is 0 Å². The van der Waals surface area contributed by atoms with Crippen molar-refractivity contribution in [2.24, 2.45) is 0 Å². The zero-order valence-electron chi connectivity index (χ0n) is 17.5. The minimum absolute atomic E-state index is 0.00243. The van der Waals surface area contributed by atoms with Crippen molar-refractivity contribution in [3.05, 3.63) is 77.1 Å². The molecule has 31 heavy (non-hydrogen) atoms. The summed E-state index contributed by atoms with van der Waals surface area (Å²) in [5.41, 5.74) is 3.48. The largest absolute Gasteiger partial charge is 0.345 e. The third-order valence-electron chi connectivity index (χ3n) is 5.81. The highest BCUT2D eigenvalue weighted by Gasteiger charge is 2.40. The van der Waals surface area contributed by atoms with Crippen LogP contribution in [0.25, 0.3) is 22.3 Å². The fourth-order valence-corrected chi connectivity index (χ4v) is 4.53. The van der Waals surface area contributed by atoms with Crippen LogP contribution in [0, 0.1) is 0 Å². The maximum absolute atomic E-state index is 12.8. The predicted octanol–water partition coefficient (Wildman–Crippen LogP) is 5.33. The fraction of sp³-hybridized carbons (Fsp3) is 0.208. The van der Waals surface area contributed by atoms with Crippen LogP contribution in [0.1, 0.15) is 42.7 Å². The summed E-state index contributed by atoms with van der Waals surface area (Å²) in [6.07, 6.45) is 3.49. The number of aromatic nitrogens is 3. The number of anilines is 1. The molecule has 1 aliphatic rings. The molecule has 0 bridgehead atoms. The predicted molar refractivity (Wildman–Crippen MR) is 123 cm³/mol. The van der Waals surface area contributed by atoms with E-state index >= 15 is 0 Å². The van der Waals surface area contributed by atoms with Gasteiger partial charge in [0.2, 0.25) is 0 Å². The number of nitrogens with one attached hydrogen (secondary N) is 2. The number of aromatic amines is 1. The highest BCUT2D eigenvalue weighted by atomic mass is 35.5. The molecule has 156 valence electrons. The normalized spacial score (nSPS) is 16.1. The second-order valence-electron chi connectivity index (χ2n) is 8.29. The number of amides is 1. The van der Waals surface area contributed by atoms with E-state index in [1.54, 1.807) is 6.20 Å². The van der Waals surface area contributed by atoms with Crippen molar-refractivity contribution >= 4 is 34.4 Å². The lowest BCUT2D eigenvalue weighted by molar-refractivity contribution is 0.0892. The zero-order valence-corrected chi connectivity index (χ0v) is 18.2. The number of carbonyl (C=O) groups excluding carboxylic acids is 1. The second kappa shape index (κ2) is 7.10. The van der Waals surface area contributed by atoms with Crippen LogP contribution in [0.5, 0.6) is 0 Å². The molecule has 6 nitrogen and oxygen atoms in total. The Bertz CT molecular complexity index is 1300. The number of fused-ring (bicyclic) bond motifs is 2. The Labute approximate surface area is 185 Å². The van der Waals surface area contributed by atoms with E-state index in [0.29, 0.717) is 16.4 Å². The first kappa shape index (κ1) is 19.6. The lowest BCUT2D eigenvalue weighted by Crippen LogP contribution is -2.61. The van der Waals surface area contributed by atoms with Crippen molar-refractivity contribution < 1.29 is 4.79 Å².